The Morgan fingerprint density at radius 3 is 2.49 bits per heavy atom. The van der Waals surface area contributed by atoms with Gasteiger partial charge in [-0.1, -0.05) is 6.08 Å². The molecule has 0 saturated carbocycles. The summed E-state index contributed by atoms with van der Waals surface area (Å²) in [6.07, 6.45) is 4.03. The van der Waals surface area contributed by atoms with Crippen molar-refractivity contribution in [2.45, 2.75) is 20.0 Å². The van der Waals surface area contributed by atoms with Gasteiger partial charge in [-0.25, -0.2) is 4.99 Å². The van der Waals surface area contributed by atoms with E-state index in [9.17, 15) is 14.9 Å². The van der Waals surface area contributed by atoms with Crippen LogP contribution in [0.5, 0.6) is 17.2 Å². The molecule has 1 aliphatic rings. The van der Waals surface area contributed by atoms with Gasteiger partial charge in [0.05, 0.1) is 29.2 Å². The molecule has 0 spiro atoms. The van der Waals surface area contributed by atoms with Gasteiger partial charge in [-0.3, -0.25) is 14.9 Å². The highest BCUT2D eigenvalue weighted by Crippen LogP contribution is 2.36. The summed E-state index contributed by atoms with van der Waals surface area (Å²) >= 11 is 1.25. The molecule has 1 fully saturated rings. The maximum Gasteiger partial charge on any atom is 0.269 e. The van der Waals surface area contributed by atoms with Crippen LogP contribution >= 0.6 is 11.8 Å². The van der Waals surface area contributed by atoms with Crippen LogP contribution in [0.3, 0.4) is 0 Å². The number of hydrogen-bond acceptors (Lipinski definition) is 8. The van der Waals surface area contributed by atoms with Gasteiger partial charge < -0.3 is 19.5 Å². The number of carbonyl (C=O) groups excluding carboxylic acids is 1. The number of aliphatic imine (C=N–C) groups is 1. The van der Waals surface area contributed by atoms with Crippen molar-refractivity contribution < 1.29 is 23.9 Å². The molecule has 9 nitrogen and oxygen atoms in total. The molecule has 3 aromatic carbocycles. The van der Waals surface area contributed by atoms with E-state index < -0.39 is 4.92 Å². The van der Waals surface area contributed by atoms with Crippen LogP contribution < -0.4 is 19.5 Å². The van der Waals surface area contributed by atoms with Gasteiger partial charge in [0.15, 0.2) is 16.7 Å². The maximum absolute atomic E-state index is 12.7. The molecule has 200 valence electrons. The number of rotatable bonds is 11. The number of carbonyl (C=O) groups is 1. The van der Waals surface area contributed by atoms with Gasteiger partial charge >= 0.3 is 0 Å². The van der Waals surface area contributed by atoms with Crippen LogP contribution in [0.4, 0.5) is 11.4 Å². The average molecular weight is 546 g/mol. The molecule has 0 radical (unpaired) electrons. The van der Waals surface area contributed by atoms with Crippen molar-refractivity contribution >= 4 is 40.3 Å². The van der Waals surface area contributed by atoms with Gasteiger partial charge in [0, 0.05) is 17.7 Å². The number of non-ortho nitro benzene ring substituents is 1. The van der Waals surface area contributed by atoms with E-state index in [2.05, 4.69) is 16.9 Å². The largest absolute Gasteiger partial charge is 0.494 e. The number of thioether (sulfide) groups is 1. The molecule has 1 heterocycles. The molecular formula is C29H27N3O6S. The lowest BCUT2D eigenvalue weighted by molar-refractivity contribution is -0.384. The first-order valence-corrected chi connectivity index (χ1v) is 12.9. The fourth-order valence-corrected chi connectivity index (χ4v) is 4.63. The van der Waals surface area contributed by atoms with Gasteiger partial charge in [-0.05, 0) is 90.8 Å². The average Bonchev–Trinajstić information content (AvgIpc) is 3.27. The number of hydrogen-bond donors (Lipinski definition) is 1. The molecule has 39 heavy (non-hydrogen) atoms. The summed E-state index contributed by atoms with van der Waals surface area (Å²) in [5.74, 6) is 1.55. The van der Waals surface area contributed by atoms with Gasteiger partial charge in [0.2, 0.25) is 0 Å². The highest BCUT2D eigenvalue weighted by atomic mass is 32.2. The maximum atomic E-state index is 12.7. The fraction of sp³-hybridized carbons (Fsp3) is 0.172. The second kappa shape index (κ2) is 12.8. The summed E-state index contributed by atoms with van der Waals surface area (Å²) in [4.78, 5) is 28.1. The summed E-state index contributed by atoms with van der Waals surface area (Å²) in [6, 6.07) is 17.2. The quantitative estimate of drug-likeness (QED) is 0.132. The topological polar surface area (TPSA) is 112 Å². The number of nitrogens with one attached hydrogen (secondary N) is 1. The number of methoxy groups -OCH3 is 1. The van der Waals surface area contributed by atoms with E-state index in [4.69, 9.17) is 14.2 Å². The first-order valence-electron chi connectivity index (χ1n) is 12.1. The van der Waals surface area contributed by atoms with Crippen LogP contribution in [0.15, 0.2) is 83.2 Å². The van der Waals surface area contributed by atoms with Crippen LogP contribution in [0, 0.1) is 10.1 Å². The SMILES string of the molecule is C=CCc1cc(/C=C2/SC(=Nc3ccc(OCC)cc3)NC2=O)cc(OC)c1OCc1ccc([N+](=O)[O-])cc1. The van der Waals surface area contributed by atoms with Crippen LogP contribution in [0.2, 0.25) is 0 Å². The molecule has 10 heteroatoms. The van der Waals surface area contributed by atoms with E-state index >= 15 is 0 Å². The molecule has 0 bridgehead atoms. The first-order chi connectivity index (χ1) is 18.9. The van der Waals surface area contributed by atoms with Crippen molar-refractivity contribution in [3.05, 3.63) is 105 Å². The lowest BCUT2D eigenvalue weighted by Gasteiger charge is -2.16. The predicted octanol–water partition coefficient (Wildman–Crippen LogP) is 6.20. The van der Waals surface area contributed by atoms with Gasteiger partial charge in [0.25, 0.3) is 11.6 Å². The van der Waals surface area contributed by atoms with Crippen LogP contribution in [-0.4, -0.2) is 29.7 Å². The summed E-state index contributed by atoms with van der Waals surface area (Å²) in [5.41, 5.74) is 3.07. The number of allylic oxidation sites excluding steroid dienone is 1. The van der Waals surface area contributed by atoms with Gasteiger partial charge in [-0.2, -0.15) is 0 Å². The second-order valence-corrected chi connectivity index (χ2v) is 9.36. The monoisotopic (exact) mass is 545 g/mol. The van der Waals surface area contributed by atoms with Gasteiger partial charge in [0.1, 0.15) is 12.4 Å². The Morgan fingerprint density at radius 1 is 1.10 bits per heavy atom. The van der Waals surface area contributed by atoms with Crippen LogP contribution in [-0.2, 0) is 17.8 Å². The Kier molecular flexibility index (Phi) is 9.01. The molecule has 3 aromatic rings. The van der Waals surface area contributed by atoms with Gasteiger partial charge in [-0.15, -0.1) is 6.58 Å². The summed E-state index contributed by atoms with van der Waals surface area (Å²) in [7, 11) is 1.54. The smallest absolute Gasteiger partial charge is 0.269 e. The number of nitro benzene ring substituents is 1. The zero-order chi connectivity index (χ0) is 27.8. The molecule has 0 atom stereocenters. The lowest BCUT2D eigenvalue weighted by Crippen LogP contribution is -2.19. The standard InChI is InChI=1S/C29H27N3O6S/c1-4-6-21-15-20(16-25(36-3)27(21)38-18-19-7-11-23(12-8-19)32(34)35)17-26-28(33)31-29(39-26)30-22-9-13-24(14-10-22)37-5-2/h4,7-17H,1,5-6,18H2,2-3H3,(H,30,31,33)/b26-17+. The minimum atomic E-state index is -0.444. The van der Waals surface area contributed by atoms with Crippen molar-refractivity contribution in [3.8, 4) is 17.2 Å². The van der Waals surface area contributed by atoms with E-state index in [1.807, 2.05) is 37.3 Å². The van der Waals surface area contributed by atoms with E-state index in [-0.39, 0.29) is 18.2 Å². The van der Waals surface area contributed by atoms with Crippen LogP contribution in [0.1, 0.15) is 23.6 Å². The van der Waals surface area contributed by atoms with E-state index in [0.29, 0.717) is 40.3 Å². The minimum Gasteiger partial charge on any atom is -0.494 e. The number of benzene rings is 3. The lowest BCUT2D eigenvalue weighted by atomic mass is 10.0. The Labute approximate surface area is 230 Å². The first kappa shape index (κ1) is 27.5. The van der Waals surface area contributed by atoms with Crippen molar-refractivity contribution in [2.24, 2.45) is 4.99 Å². The summed E-state index contributed by atoms with van der Waals surface area (Å²) in [5, 5.41) is 14.2. The van der Waals surface area contributed by atoms with Crippen molar-refractivity contribution in [1.82, 2.24) is 5.32 Å². The summed E-state index contributed by atoms with van der Waals surface area (Å²) in [6.45, 7) is 6.54. The molecule has 1 saturated heterocycles. The summed E-state index contributed by atoms with van der Waals surface area (Å²) < 4.78 is 17.1. The zero-order valence-electron chi connectivity index (χ0n) is 21.5. The Morgan fingerprint density at radius 2 is 1.85 bits per heavy atom. The molecule has 0 aliphatic carbocycles. The van der Waals surface area contributed by atoms with Crippen molar-refractivity contribution in [1.29, 1.82) is 0 Å². The third kappa shape index (κ3) is 7.05. The molecule has 0 aromatic heterocycles. The van der Waals surface area contributed by atoms with Crippen molar-refractivity contribution in [2.75, 3.05) is 13.7 Å². The van der Waals surface area contributed by atoms with E-state index in [0.717, 1.165) is 22.4 Å². The number of nitrogens with zero attached hydrogens (tertiary/aromatic N) is 2. The number of amides is 1. The highest BCUT2D eigenvalue weighted by molar-refractivity contribution is 8.18. The molecule has 1 amide bonds. The Balaban J connectivity index is 1.54. The molecule has 4 rings (SSSR count). The number of ether oxygens (including phenoxy) is 3. The number of amidine groups is 1. The Bertz CT molecular complexity index is 1430. The van der Waals surface area contributed by atoms with E-state index in [1.54, 1.807) is 37.5 Å². The Hall–Kier alpha value is -4.57. The molecular weight excluding hydrogens is 518 g/mol. The molecule has 1 N–H and O–H groups in total. The van der Waals surface area contributed by atoms with E-state index in [1.165, 1.54) is 23.9 Å². The third-order valence-electron chi connectivity index (χ3n) is 5.60. The highest BCUT2D eigenvalue weighted by Gasteiger charge is 2.24. The predicted molar refractivity (Wildman–Crippen MR) is 153 cm³/mol. The normalized spacial score (nSPS) is 14.8. The third-order valence-corrected chi connectivity index (χ3v) is 6.51. The zero-order valence-corrected chi connectivity index (χ0v) is 22.3. The van der Waals surface area contributed by atoms with Crippen LogP contribution in [0.25, 0.3) is 6.08 Å². The fourth-order valence-electron chi connectivity index (χ4n) is 3.79. The minimum absolute atomic E-state index is 0.0163. The number of nitro groups is 1. The second-order valence-electron chi connectivity index (χ2n) is 8.33. The molecule has 1 aliphatic heterocycles. The molecule has 0 unspecified atom stereocenters. The van der Waals surface area contributed by atoms with Crippen molar-refractivity contribution in [3.63, 3.8) is 0 Å².